The van der Waals surface area contributed by atoms with Crippen LogP contribution in [0.1, 0.15) is 35.1 Å². The number of halogens is 2. The molecule has 34 heavy (non-hydrogen) atoms. The van der Waals surface area contributed by atoms with E-state index in [0.717, 1.165) is 34.4 Å². The summed E-state index contributed by atoms with van der Waals surface area (Å²) in [5, 5.41) is 2.32. The Morgan fingerprint density at radius 3 is 2.15 bits per heavy atom. The van der Waals surface area contributed by atoms with E-state index in [9.17, 15) is 26.8 Å². The Kier molecular flexibility index (Phi) is 7.72. The normalized spacial score (nSPS) is 15.2. The molecule has 0 bridgehead atoms. The van der Waals surface area contributed by atoms with Gasteiger partial charge in [0, 0.05) is 24.8 Å². The van der Waals surface area contributed by atoms with Gasteiger partial charge in [0.2, 0.25) is 10.0 Å². The Bertz CT molecular complexity index is 1200. The molecular formula is C24H28F2N2O5S. The molecule has 1 amide bonds. The zero-order chi connectivity index (χ0) is 25.2. The van der Waals surface area contributed by atoms with Gasteiger partial charge in [0.15, 0.2) is 18.2 Å². The molecular weight excluding hydrogens is 466 g/mol. The molecule has 0 atom stereocenters. The zero-order valence-electron chi connectivity index (χ0n) is 19.6. The fourth-order valence-electron chi connectivity index (χ4n) is 4.05. The number of rotatable bonds is 6. The highest BCUT2D eigenvalue weighted by Crippen LogP contribution is 2.31. The summed E-state index contributed by atoms with van der Waals surface area (Å²) in [6, 6.07) is 4.85. The molecule has 10 heteroatoms. The van der Waals surface area contributed by atoms with Gasteiger partial charge >= 0.3 is 5.97 Å². The Morgan fingerprint density at radius 2 is 1.59 bits per heavy atom. The van der Waals surface area contributed by atoms with E-state index in [1.807, 2.05) is 19.9 Å². The maximum absolute atomic E-state index is 13.4. The van der Waals surface area contributed by atoms with Crippen LogP contribution in [-0.2, 0) is 24.3 Å². The summed E-state index contributed by atoms with van der Waals surface area (Å²) in [7, 11) is -3.72. The van der Waals surface area contributed by atoms with Gasteiger partial charge < -0.3 is 10.1 Å². The molecule has 0 saturated carbocycles. The third-order valence-corrected chi connectivity index (χ3v) is 8.40. The van der Waals surface area contributed by atoms with E-state index in [2.05, 4.69) is 5.32 Å². The van der Waals surface area contributed by atoms with Gasteiger partial charge in [-0.25, -0.2) is 17.2 Å². The number of hydrogen-bond donors (Lipinski definition) is 1. The van der Waals surface area contributed by atoms with Gasteiger partial charge in [-0.05, 0) is 74.9 Å². The van der Waals surface area contributed by atoms with Gasteiger partial charge in [-0.2, -0.15) is 4.31 Å². The average Bonchev–Trinajstić information content (AvgIpc) is 2.78. The predicted octanol–water partition coefficient (Wildman–Crippen LogP) is 3.78. The maximum Gasteiger partial charge on any atom is 0.309 e. The molecule has 0 aliphatic carbocycles. The molecule has 2 aromatic carbocycles. The van der Waals surface area contributed by atoms with Crippen molar-refractivity contribution >= 4 is 27.6 Å². The first-order chi connectivity index (χ1) is 15.9. The van der Waals surface area contributed by atoms with Gasteiger partial charge in [0.25, 0.3) is 5.91 Å². The highest BCUT2D eigenvalue weighted by molar-refractivity contribution is 7.89. The minimum Gasteiger partial charge on any atom is -0.455 e. The van der Waals surface area contributed by atoms with Crippen LogP contribution in [0.2, 0.25) is 0 Å². The second-order valence-electron chi connectivity index (χ2n) is 8.55. The van der Waals surface area contributed by atoms with Gasteiger partial charge in [0.05, 0.1) is 10.8 Å². The second-order valence-corrected chi connectivity index (χ2v) is 10.4. The standard InChI is InChI=1S/C24H28F2N2O5S/c1-14-11-15(2)17(4)23(16(14)3)34(31,32)28-9-7-18(8-10-28)24(30)33-13-22(29)27-19-5-6-20(25)21(26)12-19/h5-6,11-12,18H,7-10,13H2,1-4H3,(H,27,29). The largest absolute Gasteiger partial charge is 0.455 e. The lowest BCUT2D eigenvalue weighted by atomic mass is 9.98. The van der Waals surface area contributed by atoms with Crippen LogP contribution in [0.3, 0.4) is 0 Å². The number of sulfonamides is 1. The molecule has 3 rings (SSSR count). The summed E-state index contributed by atoms with van der Waals surface area (Å²) in [6.07, 6.45) is 0.539. The number of benzene rings is 2. The third-order valence-electron chi connectivity index (χ3n) is 6.23. The number of carbonyl (C=O) groups excluding carboxylic acids is 2. The molecule has 7 nitrogen and oxygen atoms in total. The molecule has 0 unspecified atom stereocenters. The van der Waals surface area contributed by atoms with Crippen LogP contribution in [0, 0.1) is 45.2 Å². The van der Waals surface area contributed by atoms with Crippen LogP contribution in [0.4, 0.5) is 14.5 Å². The van der Waals surface area contributed by atoms with Gasteiger partial charge in [-0.15, -0.1) is 0 Å². The summed E-state index contributed by atoms with van der Waals surface area (Å²) < 4.78 is 59.4. The average molecular weight is 495 g/mol. The fourth-order valence-corrected chi connectivity index (χ4v) is 6.10. The molecule has 184 valence electrons. The number of amides is 1. The topological polar surface area (TPSA) is 92.8 Å². The highest BCUT2D eigenvalue weighted by atomic mass is 32.2. The Hall–Kier alpha value is -2.85. The van der Waals surface area contributed by atoms with Crippen molar-refractivity contribution in [2.75, 3.05) is 25.0 Å². The molecule has 0 radical (unpaired) electrons. The van der Waals surface area contributed by atoms with E-state index >= 15 is 0 Å². The smallest absolute Gasteiger partial charge is 0.309 e. The first kappa shape index (κ1) is 25.8. The molecule has 1 aliphatic heterocycles. The van der Waals surface area contributed by atoms with E-state index in [-0.39, 0.29) is 31.6 Å². The number of nitrogens with zero attached hydrogens (tertiary/aromatic N) is 1. The van der Waals surface area contributed by atoms with Crippen molar-refractivity contribution in [2.24, 2.45) is 5.92 Å². The second kappa shape index (κ2) is 10.2. The van der Waals surface area contributed by atoms with Gasteiger partial charge in [-0.3, -0.25) is 9.59 Å². The number of carbonyl (C=O) groups is 2. The number of aryl methyl sites for hydroxylation is 2. The van der Waals surface area contributed by atoms with Crippen molar-refractivity contribution in [2.45, 2.75) is 45.4 Å². The number of nitrogens with one attached hydrogen (secondary N) is 1. The molecule has 1 aliphatic rings. The SMILES string of the molecule is Cc1cc(C)c(C)c(S(=O)(=O)N2CCC(C(=O)OCC(=O)Nc3ccc(F)c(F)c3)CC2)c1C. The summed E-state index contributed by atoms with van der Waals surface area (Å²) in [4.78, 5) is 24.7. The number of esters is 1. The molecule has 0 aromatic heterocycles. The minimum atomic E-state index is -3.72. The van der Waals surface area contributed by atoms with Crippen molar-refractivity contribution < 1.29 is 31.5 Å². The van der Waals surface area contributed by atoms with Crippen LogP contribution >= 0.6 is 0 Å². The molecule has 1 N–H and O–H groups in total. The predicted molar refractivity (Wildman–Crippen MR) is 123 cm³/mol. The monoisotopic (exact) mass is 494 g/mol. The molecule has 0 spiro atoms. The summed E-state index contributed by atoms with van der Waals surface area (Å²) in [5.74, 6) is -3.98. The molecule has 1 saturated heterocycles. The van der Waals surface area contributed by atoms with Gasteiger partial charge in [0.1, 0.15) is 0 Å². The Labute approximate surface area is 198 Å². The van der Waals surface area contributed by atoms with E-state index in [0.29, 0.717) is 4.90 Å². The van der Waals surface area contributed by atoms with Crippen molar-refractivity contribution in [1.29, 1.82) is 0 Å². The minimum absolute atomic E-state index is 0.0374. The van der Waals surface area contributed by atoms with Crippen LogP contribution in [-0.4, -0.2) is 44.3 Å². The summed E-state index contributed by atoms with van der Waals surface area (Å²) in [6.45, 7) is 7.09. The first-order valence-corrected chi connectivity index (χ1v) is 12.3. The Balaban J connectivity index is 1.56. The van der Waals surface area contributed by atoms with E-state index in [4.69, 9.17) is 4.74 Å². The van der Waals surface area contributed by atoms with Crippen molar-refractivity contribution in [3.63, 3.8) is 0 Å². The van der Waals surface area contributed by atoms with Crippen LogP contribution in [0.5, 0.6) is 0 Å². The lowest BCUT2D eigenvalue weighted by Gasteiger charge is -2.31. The number of hydrogen-bond acceptors (Lipinski definition) is 5. The van der Waals surface area contributed by atoms with Crippen molar-refractivity contribution in [1.82, 2.24) is 4.31 Å². The van der Waals surface area contributed by atoms with E-state index < -0.39 is 46.1 Å². The number of anilines is 1. The quantitative estimate of drug-likeness (QED) is 0.617. The van der Waals surface area contributed by atoms with Crippen LogP contribution < -0.4 is 5.32 Å². The number of piperidine rings is 1. The summed E-state index contributed by atoms with van der Waals surface area (Å²) >= 11 is 0. The fraction of sp³-hybridized carbons (Fsp3) is 0.417. The van der Waals surface area contributed by atoms with Crippen LogP contribution in [0.25, 0.3) is 0 Å². The lowest BCUT2D eigenvalue weighted by Crippen LogP contribution is -2.41. The third kappa shape index (κ3) is 5.44. The first-order valence-electron chi connectivity index (χ1n) is 10.9. The lowest BCUT2D eigenvalue weighted by molar-refractivity contribution is -0.152. The highest BCUT2D eigenvalue weighted by Gasteiger charge is 2.35. The zero-order valence-corrected chi connectivity index (χ0v) is 20.4. The summed E-state index contributed by atoms with van der Waals surface area (Å²) in [5.41, 5.74) is 3.28. The molecule has 2 aromatic rings. The van der Waals surface area contributed by atoms with Crippen molar-refractivity contribution in [3.8, 4) is 0 Å². The Morgan fingerprint density at radius 1 is 1.00 bits per heavy atom. The van der Waals surface area contributed by atoms with E-state index in [1.165, 1.54) is 10.4 Å². The molecule has 1 heterocycles. The maximum atomic E-state index is 13.4. The van der Waals surface area contributed by atoms with Crippen molar-refractivity contribution in [3.05, 3.63) is 58.2 Å². The van der Waals surface area contributed by atoms with Gasteiger partial charge in [-0.1, -0.05) is 6.07 Å². The van der Waals surface area contributed by atoms with E-state index in [1.54, 1.807) is 13.8 Å². The van der Waals surface area contributed by atoms with Crippen LogP contribution in [0.15, 0.2) is 29.2 Å². The molecule has 1 fully saturated rings. The number of ether oxygens (including phenoxy) is 1.